The Labute approximate surface area is 100 Å². The predicted molar refractivity (Wildman–Crippen MR) is 64.5 cm³/mol. The third-order valence-electron chi connectivity index (χ3n) is 2.12. The number of nitrogens with zero attached hydrogens (tertiary/aromatic N) is 1. The first-order valence-electron chi connectivity index (χ1n) is 5.17. The molecule has 1 aromatic carbocycles. The van der Waals surface area contributed by atoms with Gasteiger partial charge in [-0.2, -0.15) is 5.26 Å². The zero-order chi connectivity index (χ0) is 12.9. The molecule has 0 heterocycles. The second-order valence-corrected chi connectivity index (χ2v) is 4.31. The predicted octanol–water partition coefficient (Wildman–Crippen LogP) is 1.45. The number of nitrogens with one attached hydrogen (secondary N) is 2. The quantitative estimate of drug-likeness (QED) is 0.738. The summed E-state index contributed by atoms with van der Waals surface area (Å²) in [4.78, 5) is 11.5. The molecule has 0 unspecified atom stereocenters. The molecule has 0 aliphatic rings. The van der Waals surface area contributed by atoms with E-state index in [0.717, 1.165) is 0 Å². The van der Waals surface area contributed by atoms with E-state index in [9.17, 15) is 4.79 Å². The molecule has 0 fully saturated rings. The number of nitriles is 1. The topological polar surface area (TPSA) is 85.2 Å². The van der Waals surface area contributed by atoms with E-state index >= 15 is 0 Å². The molecule has 0 bridgehead atoms. The summed E-state index contributed by atoms with van der Waals surface area (Å²) in [6.45, 7) is 3.28. The SMILES string of the molecule is CC(C)(CO)NC(=O)Nc1ccc(C#N)cc1. The van der Waals surface area contributed by atoms with Crippen molar-refractivity contribution in [3.8, 4) is 6.07 Å². The van der Waals surface area contributed by atoms with Crippen molar-refractivity contribution in [3.05, 3.63) is 29.8 Å². The number of amides is 2. The highest BCUT2D eigenvalue weighted by molar-refractivity contribution is 5.89. The Morgan fingerprint density at radius 3 is 2.47 bits per heavy atom. The monoisotopic (exact) mass is 233 g/mol. The van der Waals surface area contributed by atoms with Gasteiger partial charge in [-0.05, 0) is 38.1 Å². The van der Waals surface area contributed by atoms with Crippen LogP contribution in [0.4, 0.5) is 10.5 Å². The van der Waals surface area contributed by atoms with Crippen LogP contribution in [-0.4, -0.2) is 23.3 Å². The summed E-state index contributed by atoms with van der Waals surface area (Å²) in [7, 11) is 0. The van der Waals surface area contributed by atoms with Gasteiger partial charge < -0.3 is 15.7 Å². The fraction of sp³-hybridized carbons (Fsp3) is 0.333. The zero-order valence-corrected chi connectivity index (χ0v) is 9.82. The van der Waals surface area contributed by atoms with E-state index in [1.54, 1.807) is 38.1 Å². The first kappa shape index (κ1) is 13.0. The summed E-state index contributed by atoms with van der Waals surface area (Å²) in [5.41, 5.74) is 0.457. The van der Waals surface area contributed by atoms with E-state index in [2.05, 4.69) is 10.6 Å². The average molecular weight is 233 g/mol. The summed E-state index contributed by atoms with van der Waals surface area (Å²) in [6.07, 6.45) is 0. The molecule has 0 aliphatic carbocycles. The average Bonchev–Trinajstić information content (AvgIpc) is 2.29. The Bertz CT molecular complexity index is 432. The van der Waals surface area contributed by atoms with Crippen molar-refractivity contribution < 1.29 is 9.90 Å². The number of benzene rings is 1. The Morgan fingerprint density at radius 2 is 2.00 bits per heavy atom. The summed E-state index contributed by atoms with van der Waals surface area (Å²) in [5, 5.41) is 22.8. The smallest absolute Gasteiger partial charge is 0.319 e. The third-order valence-corrected chi connectivity index (χ3v) is 2.12. The second kappa shape index (κ2) is 5.32. The minimum absolute atomic E-state index is 0.145. The number of hydrogen-bond donors (Lipinski definition) is 3. The molecule has 0 radical (unpaired) electrons. The molecule has 0 spiro atoms. The van der Waals surface area contributed by atoms with Crippen molar-refractivity contribution >= 4 is 11.7 Å². The van der Waals surface area contributed by atoms with Crippen LogP contribution in [0.25, 0.3) is 0 Å². The standard InChI is InChI=1S/C12H15N3O2/c1-12(2,8-16)15-11(17)14-10-5-3-9(7-13)4-6-10/h3-6,16H,8H2,1-2H3,(H2,14,15,17). The van der Waals surface area contributed by atoms with Gasteiger partial charge in [-0.25, -0.2) is 4.79 Å². The van der Waals surface area contributed by atoms with Gasteiger partial charge in [0, 0.05) is 5.69 Å². The Hall–Kier alpha value is -2.06. The van der Waals surface area contributed by atoms with E-state index in [-0.39, 0.29) is 6.61 Å². The van der Waals surface area contributed by atoms with Crippen LogP contribution < -0.4 is 10.6 Å². The molecule has 0 aliphatic heterocycles. The van der Waals surface area contributed by atoms with E-state index in [1.165, 1.54) is 0 Å². The minimum Gasteiger partial charge on any atom is -0.394 e. The van der Waals surface area contributed by atoms with Crippen molar-refractivity contribution in [2.45, 2.75) is 19.4 Å². The van der Waals surface area contributed by atoms with Crippen molar-refractivity contribution in [1.82, 2.24) is 5.32 Å². The molecule has 5 nitrogen and oxygen atoms in total. The van der Waals surface area contributed by atoms with Crippen molar-refractivity contribution in [2.75, 3.05) is 11.9 Å². The fourth-order valence-electron chi connectivity index (χ4n) is 1.14. The third kappa shape index (κ3) is 4.13. The molecule has 0 saturated carbocycles. The van der Waals surface area contributed by atoms with Crippen molar-refractivity contribution in [1.29, 1.82) is 5.26 Å². The van der Waals surface area contributed by atoms with Gasteiger partial charge in [0.1, 0.15) is 0 Å². The highest BCUT2D eigenvalue weighted by Crippen LogP contribution is 2.09. The summed E-state index contributed by atoms with van der Waals surface area (Å²) in [6, 6.07) is 8.12. The number of aliphatic hydroxyl groups excluding tert-OH is 1. The summed E-state index contributed by atoms with van der Waals surface area (Å²) in [5.74, 6) is 0. The van der Waals surface area contributed by atoms with Crippen LogP contribution >= 0.6 is 0 Å². The van der Waals surface area contributed by atoms with E-state index < -0.39 is 11.6 Å². The van der Waals surface area contributed by atoms with Crippen molar-refractivity contribution in [2.24, 2.45) is 0 Å². The molecule has 90 valence electrons. The number of aliphatic hydroxyl groups is 1. The second-order valence-electron chi connectivity index (χ2n) is 4.31. The number of rotatable bonds is 3. The lowest BCUT2D eigenvalue weighted by Crippen LogP contribution is -2.48. The van der Waals surface area contributed by atoms with E-state index in [1.807, 2.05) is 6.07 Å². The first-order valence-corrected chi connectivity index (χ1v) is 5.17. The maximum Gasteiger partial charge on any atom is 0.319 e. The van der Waals surface area contributed by atoms with Gasteiger partial charge in [0.05, 0.1) is 23.8 Å². The number of anilines is 1. The van der Waals surface area contributed by atoms with E-state index in [0.29, 0.717) is 11.3 Å². The van der Waals surface area contributed by atoms with Crippen LogP contribution in [-0.2, 0) is 0 Å². The molecule has 17 heavy (non-hydrogen) atoms. The molecule has 0 saturated heterocycles. The molecule has 0 atom stereocenters. The number of carbonyl (C=O) groups is 1. The summed E-state index contributed by atoms with van der Waals surface area (Å²) >= 11 is 0. The molecule has 3 N–H and O–H groups in total. The first-order chi connectivity index (χ1) is 7.96. The summed E-state index contributed by atoms with van der Waals surface area (Å²) < 4.78 is 0. The number of carbonyl (C=O) groups excluding carboxylic acids is 1. The van der Waals surface area contributed by atoms with Crippen LogP contribution in [0.3, 0.4) is 0 Å². The van der Waals surface area contributed by atoms with Gasteiger partial charge in [0.15, 0.2) is 0 Å². The zero-order valence-electron chi connectivity index (χ0n) is 9.82. The maximum atomic E-state index is 11.5. The van der Waals surface area contributed by atoms with Crippen molar-refractivity contribution in [3.63, 3.8) is 0 Å². The molecule has 1 rings (SSSR count). The highest BCUT2D eigenvalue weighted by atomic mass is 16.3. The van der Waals surface area contributed by atoms with Crippen LogP contribution in [0.2, 0.25) is 0 Å². The highest BCUT2D eigenvalue weighted by Gasteiger charge is 2.18. The molecule has 1 aromatic rings. The largest absolute Gasteiger partial charge is 0.394 e. The normalized spacial score (nSPS) is 10.5. The Balaban J connectivity index is 2.60. The molecule has 0 aromatic heterocycles. The number of urea groups is 1. The van der Waals surface area contributed by atoms with Gasteiger partial charge in [-0.3, -0.25) is 0 Å². The molecule has 5 heteroatoms. The fourth-order valence-corrected chi connectivity index (χ4v) is 1.14. The number of hydrogen-bond acceptors (Lipinski definition) is 3. The maximum absolute atomic E-state index is 11.5. The van der Waals surface area contributed by atoms with Crippen LogP contribution in [0.5, 0.6) is 0 Å². The van der Waals surface area contributed by atoms with Gasteiger partial charge in [-0.1, -0.05) is 0 Å². The molecular formula is C12H15N3O2. The lowest BCUT2D eigenvalue weighted by atomic mass is 10.1. The van der Waals surface area contributed by atoms with Crippen LogP contribution in [0, 0.1) is 11.3 Å². The lowest BCUT2D eigenvalue weighted by Gasteiger charge is -2.23. The van der Waals surface area contributed by atoms with E-state index in [4.69, 9.17) is 10.4 Å². The van der Waals surface area contributed by atoms with Crippen LogP contribution in [0.1, 0.15) is 19.4 Å². The van der Waals surface area contributed by atoms with Gasteiger partial charge >= 0.3 is 6.03 Å². The van der Waals surface area contributed by atoms with Gasteiger partial charge in [0.2, 0.25) is 0 Å². The Kier molecular flexibility index (Phi) is 4.07. The Morgan fingerprint density at radius 1 is 1.41 bits per heavy atom. The van der Waals surface area contributed by atoms with Gasteiger partial charge in [-0.15, -0.1) is 0 Å². The molecule has 2 amide bonds. The van der Waals surface area contributed by atoms with Crippen LogP contribution in [0.15, 0.2) is 24.3 Å². The molecular weight excluding hydrogens is 218 g/mol. The minimum atomic E-state index is -0.670. The lowest BCUT2D eigenvalue weighted by molar-refractivity contribution is 0.187. The van der Waals surface area contributed by atoms with Gasteiger partial charge in [0.25, 0.3) is 0 Å².